The van der Waals surface area contributed by atoms with Crippen molar-refractivity contribution in [2.75, 3.05) is 4.72 Å². The summed E-state index contributed by atoms with van der Waals surface area (Å²) in [5, 5.41) is 4.27. The Morgan fingerprint density at radius 1 is 1.12 bits per heavy atom. The highest BCUT2D eigenvalue weighted by Gasteiger charge is 2.17. The first-order valence-corrected chi connectivity index (χ1v) is 9.19. The molecule has 10 heteroatoms. The molecular weight excluding hydrogens is 364 g/mol. The van der Waals surface area contributed by atoms with Gasteiger partial charge in [-0.25, -0.2) is 31.8 Å². The number of anilines is 1. The quantitative estimate of drug-likeness (QED) is 0.736. The highest BCUT2D eigenvalue weighted by Crippen LogP contribution is 2.17. The minimum absolute atomic E-state index is 0.000589. The largest absolute Gasteiger partial charge is 0.267 e. The van der Waals surface area contributed by atoms with Crippen LogP contribution in [0.1, 0.15) is 17.0 Å². The lowest BCUT2D eigenvalue weighted by atomic mass is 10.2. The number of hydrogen-bond donors (Lipinski definition) is 1. The molecular formula is C16H15F2N5O2S. The van der Waals surface area contributed by atoms with E-state index < -0.39 is 27.4 Å². The second-order valence-corrected chi connectivity index (χ2v) is 7.42. The van der Waals surface area contributed by atoms with Crippen LogP contribution in [0.25, 0.3) is 5.82 Å². The Labute approximate surface area is 148 Å². The van der Waals surface area contributed by atoms with Gasteiger partial charge in [-0.3, -0.25) is 4.72 Å². The van der Waals surface area contributed by atoms with Crippen LogP contribution in [0.15, 0.2) is 36.7 Å². The minimum Gasteiger partial charge on any atom is -0.267 e. The molecule has 1 N–H and O–H groups in total. The molecule has 0 saturated heterocycles. The second kappa shape index (κ2) is 6.79. The third-order valence-electron chi connectivity index (χ3n) is 3.49. The third-order valence-corrected chi connectivity index (χ3v) is 4.70. The fourth-order valence-corrected chi connectivity index (χ4v) is 3.57. The third kappa shape index (κ3) is 4.02. The molecule has 0 amide bonds. The molecule has 3 aromatic rings. The summed E-state index contributed by atoms with van der Waals surface area (Å²) < 4.78 is 55.2. The lowest BCUT2D eigenvalue weighted by Gasteiger charge is -2.09. The van der Waals surface area contributed by atoms with Crippen molar-refractivity contribution in [1.82, 2.24) is 19.7 Å². The summed E-state index contributed by atoms with van der Waals surface area (Å²) in [5.41, 5.74) is 1.33. The van der Waals surface area contributed by atoms with Crippen molar-refractivity contribution in [1.29, 1.82) is 0 Å². The molecule has 0 atom stereocenters. The summed E-state index contributed by atoms with van der Waals surface area (Å²) in [6, 6.07) is 5.89. The molecule has 3 rings (SSSR count). The Hall–Kier alpha value is -2.88. The van der Waals surface area contributed by atoms with Gasteiger partial charge in [0.1, 0.15) is 23.8 Å². The summed E-state index contributed by atoms with van der Waals surface area (Å²) in [7, 11) is -4.01. The topological polar surface area (TPSA) is 89.8 Å². The van der Waals surface area contributed by atoms with Crippen molar-refractivity contribution in [2.24, 2.45) is 0 Å². The number of benzene rings is 1. The molecule has 0 saturated carbocycles. The summed E-state index contributed by atoms with van der Waals surface area (Å²) in [5.74, 6) is -1.87. The van der Waals surface area contributed by atoms with E-state index in [0.29, 0.717) is 5.82 Å². The number of rotatable bonds is 5. The molecule has 0 aliphatic rings. The fraction of sp³-hybridized carbons (Fsp3) is 0.188. The van der Waals surface area contributed by atoms with Gasteiger partial charge in [0.2, 0.25) is 10.0 Å². The van der Waals surface area contributed by atoms with Gasteiger partial charge in [-0.15, -0.1) is 0 Å². The van der Waals surface area contributed by atoms with Gasteiger partial charge in [-0.2, -0.15) is 5.10 Å². The van der Waals surface area contributed by atoms with E-state index in [4.69, 9.17) is 0 Å². The van der Waals surface area contributed by atoms with Crippen LogP contribution in [0.2, 0.25) is 0 Å². The Morgan fingerprint density at radius 2 is 1.88 bits per heavy atom. The molecule has 2 aromatic heterocycles. The van der Waals surface area contributed by atoms with Gasteiger partial charge in [0.05, 0.1) is 11.4 Å². The molecule has 0 radical (unpaired) electrons. The number of sulfonamides is 1. The molecule has 0 unspecified atom stereocenters. The lowest BCUT2D eigenvalue weighted by molar-refractivity contribution is 0.581. The fourth-order valence-electron chi connectivity index (χ4n) is 2.43. The first kappa shape index (κ1) is 17.9. The van der Waals surface area contributed by atoms with Crippen LogP contribution in [0.4, 0.5) is 14.6 Å². The van der Waals surface area contributed by atoms with Crippen molar-refractivity contribution in [3.63, 3.8) is 0 Å². The number of aryl methyl sites for hydroxylation is 2. The predicted molar refractivity (Wildman–Crippen MR) is 91.2 cm³/mol. The van der Waals surface area contributed by atoms with Crippen LogP contribution >= 0.6 is 0 Å². The van der Waals surface area contributed by atoms with Gasteiger partial charge < -0.3 is 0 Å². The van der Waals surface area contributed by atoms with Crippen LogP contribution in [-0.2, 0) is 15.8 Å². The van der Waals surface area contributed by atoms with Gasteiger partial charge in [-0.05, 0) is 38.1 Å². The monoisotopic (exact) mass is 379 g/mol. The van der Waals surface area contributed by atoms with Gasteiger partial charge in [0.15, 0.2) is 5.82 Å². The molecule has 0 aliphatic heterocycles. The SMILES string of the molecule is Cc1cc(C)n(-c2cc(NS(=O)(=O)Cc3cc(F)ccc3F)ncn2)n1. The zero-order chi connectivity index (χ0) is 18.9. The summed E-state index contributed by atoms with van der Waals surface area (Å²) in [6.45, 7) is 3.65. The van der Waals surface area contributed by atoms with Crippen LogP contribution in [-0.4, -0.2) is 28.2 Å². The summed E-state index contributed by atoms with van der Waals surface area (Å²) >= 11 is 0. The maximum atomic E-state index is 13.7. The van der Waals surface area contributed by atoms with Crippen LogP contribution in [0.5, 0.6) is 0 Å². The van der Waals surface area contributed by atoms with Gasteiger partial charge in [0.25, 0.3) is 0 Å². The molecule has 26 heavy (non-hydrogen) atoms. The smallest absolute Gasteiger partial charge is 0.238 e. The van der Waals surface area contributed by atoms with Gasteiger partial charge >= 0.3 is 0 Å². The van der Waals surface area contributed by atoms with Crippen LogP contribution in [0.3, 0.4) is 0 Å². The van der Waals surface area contributed by atoms with E-state index >= 15 is 0 Å². The van der Waals surface area contributed by atoms with Crippen LogP contribution in [0, 0.1) is 25.5 Å². The Morgan fingerprint density at radius 3 is 2.58 bits per heavy atom. The number of halogens is 2. The Kier molecular flexibility index (Phi) is 4.68. The first-order valence-electron chi connectivity index (χ1n) is 7.53. The molecule has 1 aromatic carbocycles. The van der Waals surface area contributed by atoms with E-state index in [-0.39, 0.29) is 11.4 Å². The first-order chi connectivity index (χ1) is 12.2. The molecule has 0 aliphatic carbocycles. The van der Waals surface area contributed by atoms with E-state index in [1.54, 1.807) is 4.68 Å². The number of aromatic nitrogens is 4. The van der Waals surface area contributed by atoms with E-state index in [1.165, 1.54) is 12.4 Å². The standard InChI is InChI=1S/C16H15F2N5O2S/c1-10-5-11(2)23(21-10)16-7-15(19-9-20-16)22-26(24,25)8-12-6-13(17)3-4-14(12)18/h3-7,9H,8H2,1-2H3,(H,19,20,22). The maximum Gasteiger partial charge on any atom is 0.238 e. The Bertz CT molecular complexity index is 1070. The van der Waals surface area contributed by atoms with Crippen molar-refractivity contribution < 1.29 is 17.2 Å². The normalized spacial score (nSPS) is 11.5. The average molecular weight is 379 g/mol. The highest BCUT2D eigenvalue weighted by molar-refractivity contribution is 7.91. The minimum atomic E-state index is -4.01. The van der Waals surface area contributed by atoms with Crippen molar-refractivity contribution in [3.8, 4) is 5.82 Å². The second-order valence-electron chi connectivity index (χ2n) is 5.70. The Balaban J connectivity index is 1.85. The van der Waals surface area contributed by atoms with E-state index in [9.17, 15) is 17.2 Å². The highest BCUT2D eigenvalue weighted by atomic mass is 32.2. The van der Waals surface area contributed by atoms with E-state index in [2.05, 4.69) is 19.8 Å². The predicted octanol–water partition coefficient (Wildman–Crippen LogP) is 2.50. The van der Waals surface area contributed by atoms with Crippen LogP contribution < -0.4 is 4.72 Å². The van der Waals surface area contributed by atoms with Gasteiger partial charge in [0, 0.05) is 17.3 Å². The average Bonchev–Trinajstić information content (AvgIpc) is 2.89. The molecule has 0 bridgehead atoms. The van der Waals surface area contributed by atoms with E-state index in [0.717, 1.165) is 29.6 Å². The lowest BCUT2D eigenvalue weighted by Crippen LogP contribution is -2.17. The maximum absolute atomic E-state index is 13.7. The van der Waals surface area contributed by atoms with E-state index in [1.807, 2.05) is 19.9 Å². The molecule has 0 fully saturated rings. The van der Waals surface area contributed by atoms with Crippen molar-refractivity contribution in [2.45, 2.75) is 19.6 Å². The summed E-state index contributed by atoms with van der Waals surface area (Å²) in [4.78, 5) is 7.93. The number of hydrogen-bond acceptors (Lipinski definition) is 5. The van der Waals surface area contributed by atoms with Crippen molar-refractivity contribution in [3.05, 3.63) is 65.2 Å². The molecule has 136 valence electrons. The summed E-state index contributed by atoms with van der Waals surface area (Å²) in [6.07, 6.45) is 1.19. The molecule has 7 nitrogen and oxygen atoms in total. The number of nitrogens with one attached hydrogen (secondary N) is 1. The molecule has 0 spiro atoms. The number of nitrogens with zero attached hydrogens (tertiary/aromatic N) is 4. The van der Waals surface area contributed by atoms with Gasteiger partial charge in [-0.1, -0.05) is 0 Å². The zero-order valence-electron chi connectivity index (χ0n) is 13.9. The zero-order valence-corrected chi connectivity index (χ0v) is 14.8. The molecule has 2 heterocycles. The van der Waals surface area contributed by atoms with Crippen molar-refractivity contribution >= 4 is 15.8 Å².